The second-order valence-corrected chi connectivity index (χ2v) is 4.19. The van der Waals surface area contributed by atoms with Gasteiger partial charge in [-0.25, -0.2) is 0 Å². The third-order valence-electron chi connectivity index (χ3n) is 2.48. The van der Waals surface area contributed by atoms with Gasteiger partial charge >= 0.3 is 0 Å². The summed E-state index contributed by atoms with van der Waals surface area (Å²) in [6, 6.07) is 0. The number of hydrogen-bond acceptors (Lipinski definition) is 3. The maximum Gasteiger partial charge on any atom is 0.0363 e. The van der Waals surface area contributed by atoms with Crippen molar-refractivity contribution in [3.63, 3.8) is 0 Å². The van der Waals surface area contributed by atoms with E-state index in [1.807, 2.05) is 11.9 Å². The van der Waals surface area contributed by atoms with Crippen LogP contribution < -0.4 is 4.72 Å². The summed E-state index contributed by atoms with van der Waals surface area (Å²) in [6.07, 6.45) is 3.54. The van der Waals surface area contributed by atoms with Gasteiger partial charge in [0.05, 0.1) is 0 Å². The molecular weight excluding hydrogens is 156 g/mol. The summed E-state index contributed by atoms with van der Waals surface area (Å²) < 4.78 is 3.20. The lowest BCUT2D eigenvalue weighted by Gasteiger charge is -2.09. The van der Waals surface area contributed by atoms with Gasteiger partial charge in [-0.15, -0.1) is 0 Å². The molecule has 2 heterocycles. The van der Waals surface area contributed by atoms with Gasteiger partial charge in [0.25, 0.3) is 0 Å². The standard InChI is InChI=1S/C8H14N2S/c1-10-3-2-7(5-10)8-4-9-11-6-8/h4,7,9H,2-3,5-6H2,1H3. The third-order valence-corrected chi connectivity index (χ3v) is 3.24. The zero-order valence-corrected chi connectivity index (χ0v) is 7.66. The molecule has 1 N–H and O–H groups in total. The number of nitrogens with one attached hydrogen (secondary N) is 1. The maximum absolute atomic E-state index is 3.20. The second-order valence-electron chi connectivity index (χ2n) is 3.37. The molecule has 0 saturated carbocycles. The molecule has 2 aliphatic heterocycles. The molecule has 11 heavy (non-hydrogen) atoms. The Morgan fingerprint density at radius 3 is 3.18 bits per heavy atom. The van der Waals surface area contributed by atoms with Gasteiger partial charge in [0.15, 0.2) is 0 Å². The molecule has 0 radical (unpaired) electrons. The van der Waals surface area contributed by atoms with Crippen LogP contribution in [0.3, 0.4) is 0 Å². The molecule has 3 heteroatoms. The molecule has 0 amide bonds. The highest BCUT2D eigenvalue weighted by atomic mass is 32.2. The van der Waals surface area contributed by atoms with E-state index in [1.54, 1.807) is 5.57 Å². The maximum atomic E-state index is 3.20. The van der Waals surface area contributed by atoms with Crippen molar-refractivity contribution < 1.29 is 0 Å². The summed E-state index contributed by atoms with van der Waals surface area (Å²) in [7, 11) is 2.20. The Bertz CT molecular complexity index is 179. The van der Waals surface area contributed by atoms with E-state index in [0.29, 0.717) is 0 Å². The van der Waals surface area contributed by atoms with Crippen molar-refractivity contribution >= 4 is 11.9 Å². The lowest BCUT2D eigenvalue weighted by Crippen LogP contribution is -2.15. The van der Waals surface area contributed by atoms with Gasteiger partial charge < -0.3 is 9.62 Å². The highest BCUT2D eigenvalue weighted by Crippen LogP contribution is 2.27. The van der Waals surface area contributed by atoms with Gasteiger partial charge in [-0.05, 0) is 43.5 Å². The summed E-state index contributed by atoms with van der Waals surface area (Å²) in [5.41, 5.74) is 1.61. The van der Waals surface area contributed by atoms with E-state index in [4.69, 9.17) is 0 Å². The highest BCUT2D eigenvalue weighted by molar-refractivity contribution is 7.97. The fourth-order valence-electron chi connectivity index (χ4n) is 1.76. The molecule has 62 valence electrons. The van der Waals surface area contributed by atoms with E-state index in [0.717, 1.165) is 5.92 Å². The first kappa shape index (κ1) is 7.50. The Hall–Kier alpha value is -0.150. The molecule has 1 saturated heterocycles. The number of rotatable bonds is 1. The van der Waals surface area contributed by atoms with Crippen molar-refractivity contribution in [2.24, 2.45) is 5.92 Å². The smallest absolute Gasteiger partial charge is 0.0363 e. The average molecular weight is 170 g/mol. The Labute approximate surface area is 72.2 Å². The van der Waals surface area contributed by atoms with Crippen LogP contribution in [-0.4, -0.2) is 30.8 Å². The Morgan fingerprint density at radius 2 is 2.64 bits per heavy atom. The predicted octanol–water partition coefficient (Wildman–Crippen LogP) is 1.07. The van der Waals surface area contributed by atoms with Crippen molar-refractivity contribution in [3.8, 4) is 0 Å². The summed E-state index contributed by atoms with van der Waals surface area (Å²) in [5.74, 6) is 2.03. The van der Waals surface area contributed by atoms with Crippen LogP contribution in [0.5, 0.6) is 0 Å². The minimum Gasteiger partial charge on any atom is -0.336 e. The van der Waals surface area contributed by atoms with Crippen LogP contribution in [0.2, 0.25) is 0 Å². The minimum atomic E-state index is 0.836. The molecule has 2 nitrogen and oxygen atoms in total. The van der Waals surface area contributed by atoms with E-state index in [2.05, 4.69) is 22.9 Å². The normalized spacial score (nSPS) is 32.1. The molecule has 1 fully saturated rings. The van der Waals surface area contributed by atoms with Crippen LogP contribution in [0, 0.1) is 5.92 Å². The molecule has 0 spiro atoms. The van der Waals surface area contributed by atoms with Gasteiger partial charge in [-0.3, -0.25) is 0 Å². The molecule has 0 aliphatic carbocycles. The molecule has 2 aliphatic rings. The second kappa shape index (κ2) is 3.07. The van der Waals surface area contributed by atoms with Gasteiger partial charge in [0.1, 0.15) is 0 Å². The minimum absolute atomic E-state index is 0.836. The first-order valence-corrected chi connectivity index (χ1v) is 5.09. The first-order chi connectivity index (χ1) is 5.36. The van der Waals surface area contributed by atoms with Crippen molar-refractivity contribution in [1.82, 2.24) is 9.62 Å². The van der Waals surface area contributed by atoms with E-state index in [9.17, 15) is 0 Å². The molecule has 2 rings (SSSR count). The number of hydrogen-bond donors (Lipinski definition) is 1. The fraction of sp³-hybridized carbons (Fsp3) is 0.750. The van der Waals surface area contributed by atoms with E-state index in [1.165, 1.54) is 25.3 Å². The number of likely N-dealkylation sites (tertiary alicyclic amines) is 1. The van der Waals surface area contributed by atoms with Crippen LogP contribution in [-0.2, 0) is 0 Å². The zero-order valence-electron chi connectivity index (χ0n) is 6.84. The van der Waals surface area contributed by atoms with Crippen LogP contribution in [0.4, 0.5) is 0 Å². The van der Waals surface area contributed by atoms with Crippen LogP contribution in [0.15, 0.2) is 11.8 Å². The monoisotopic (exact) mass is 170 g/mol. The van der Waals surface area contributed by atoms with Crippen molar-refractivity contribution in [3.05, 3.63) is 11.8 Å². The topological polar surface area (TPSA) is 15.3 Å². The van der Waals surface area contributed by atoms with Crippen LogP contribution in [0.1, 0.15) is 6.42 Å². The van der Waals surface area contributed by atoms with Gasteiger partial charge in [-0.1, -0.05) is 0 Å². The molecule has 0 aromatic carbocycles. The van der Waals surface area contributed by atoms with Gasteiger partial charge in [0, 0.05) is 18.5 Å². The van der Waals surface area contributed by atoms with Crippen LogP contribution in [0.25, 0.3) is 0 Å². The quantitative estimate of drug-likeness (QED) is 0.593. The Morgan fingerprint density at radius 1 is 1.73 bits per heavy atom. The van der Waals surface area contributed by atoms with E-state index in [-0.39, 0.29) is 0 Å². The average Bonchev–Trinajstić information content (AvgIpc) is 2.55. The summed E-state index contributed by atoms with van der Waals surface area (Å²) in [5, 5.41) is 0. The molecule has 0 aromatic heterocycles. The van der Waals surface area contributed by atoms with Crippen molar-refractivity contribution in [1.29, 1.82) is 0 Å². The third kappa shape index (κ3) is 1.54. The largest absolute Gasteiger partial charge is 0.336 e. The summed E-state index contributed by atoms with van der Waals surface area (Å²) in [4.78, 5) is 2.41. The van der Waals surface area contributed by atoms with E-state index >= 15 is 0 Å². The van der Waals surface area contributed by atoms with Gasteiger partial charge in [-0.2, -0.15) is 0 Å². The molecule has 1 atom stereocenters. The van der Waals surface area contributed by atoms with Crippen LogP contribution >= 0.6 is 11.9 Å². The lowest BCUT2D eigenvalue weighted by atomic mass is 10.0. The fourth-order valence-corrected chi connectivity index (χ4v) is 2.56. The molecule has 0 bridgehead atoms. The first-order valence-electron chi connectivity index (χ1n) is 4.11. The Balaban J connectivity index is 1.95. The SMILES string of the molecule is CN1CCC(C2=CNSC2)C1. The van der Waals surface area contributed by atoms with Crippen molar-refractivity contribution in [2.75, 3.05) is 25.9 Å². The van der Waals surface area contributed by atoms with Crippen molar-refractivity contribution in [2.45, 2.75) is 6.42 Å². The van der Waals surface area contributed by atoms with E-state index < -0.39 is 0 Å². The highest BCUT2D eigenvalue weighted by Gasteiger charge is 2.24. The molecule has 0 aromatic rings. The Kier molecular flexibility index (Phi) is 2.09. The molecular formula is C8H14N2S. The summed E-state index contributed by atoms with van der Waals surface area (Å²) in [6.45, 7) is 2.53. The lowest BCUT2D eigenvalue weighted by molar-refractivity contribution is 0.405. The molecule has 1 unspecified atom stereocenters. The summed E-state index contributed by atoms with van der Waals surface area (Å²) >= 11 is 1.81. The number of nitrogens with zero attached hydrogens (tertiary/aromatic N) is 1. The predicted molar refractivity (Wildman–Crippen MR) is 49.3 cm³/mol. The zero-order chi connectivity index (χ0) is 7.68. The van der Waals surface area contributed by atoms with Gasteiger partial charge in [0.2, 0.25) is 0 Å².